The summed E-state index contributed by atoms with van der Waals surface area (Å²) < 4.78 is 0. The molecule has 0 radical (unpaired) electrons. The average Bonchev–Trinajstić information content (AvgIpc) is 2.75. The van der Waals surface area contributed by atoms with Crippen molar-refractivity contribution >= 4 is 16.9 Å². The highest BCUT2D eigenvalue weighted by molar-refractivity contribution is 5.99. The molecule has 0 amide bonds. The fourth-order valence-electron chi connectivity index (χ4n) is 1.83. The second kappa shape index (κ2) is 3.34. The van der Waals surface area contributed by atoms with Crippen LogP contribution >= 0.6 is 0 Å². The van der Waals surface area contributed by atoms with Crippen LogP contribution in [0.3, 0.4) is 0 Å². The number of aromatic amines is 1. The summed E-state index contributed by atoms with van der Waals surface area (Å²) in [4.78, 5) is 11.3. The first-order valence-corrected chi connectivity index (χ1v) is 4.99. The summed E-state index contributed by atoms with van der Waals surface area (Å²) in [6, 6.07) is 10.0. The largest absolute Gasteiger partial charge is 0.383 e. The predicted octanol–water partition coefficient (Wildman–Crippen LogP) is 2.21. The zero-order valence-electron chi connectivity index (χ0n) is 8.51. The van der Waals surface area contributed by atoms with E-state index in [1.54, 1.807) is 0 Å². The van der Waals surface area contributed by atoms with E-state index >= 15 is 0 Å². The van der Waals surface area contributed by atoms with E-state index in [2.05, 4.69) is 15.0 Å². The number of hydrogen-bond acceptors (Lipinski definition) is 3. The first kappa shape index (κ1) is 8.91. The third-order valence-corrected chi connectivity index (χ3v) is 2.58. The Morgan fingerprint density at radius 2 is 1.88 bits per heavy atom. The SMILES string of the molecule is Nc1ncnc2[nH]cc(-c3ccccc3)c12. The Morgan fingerprint density at radius 3 is 2.69 bits per heavy atom. The number of fused-ring (bicyclic) bond motifs is 1. The molecule has 0 spiro atoms. The molecule has 3 N–H and O–H groups in total. The second-order valence-electron chi connectivity index (χ2n) is 3.55. The van der Waals surface area contributed by atoms with Crippen molar-refractivity contribution in [3.05, 3.63) is 42.9 Å². The Morgan fingerprint density at radius 1 is 1.06 bits per heavy atom. The number of anilines is 1. The van der Waals surface area contributed by atoms with Crippen molar-refractivity contribution in [1.29, 1.82) is 0 Å². The summed E-state index contributed by atoms with van der Waals surface area (Å²) in [7, 11) is 0. The summed E-state index contributed by atoms with van der Waals surface area (Å²) in [6.07, 6.45) is 3.37. The normalized spacial score (nSPS) is 10.8. The van der Waals surface area contributed by atoms with Crippen molar-refractivity contribution < 1.29 is 0 Å². The Bertz CT molecular complexity index is 628. The lowest BCUT2D eigenvalue weighted by atomic mass is 10.1. The fourth-order valence-corrected chi connectivity index (χ4v) is 1.83. The zero-order valence-corrected chi connectivity index (χ0v) is 8.51. The van der Waals surface area contributed by atoms with Crippen LogP contribution in [0.5, 0.6) is 0 Å². The Balaban J connectivity index is 2.33. The second-order valence-corrected chi connectivity index (χ2v) is 3.55. The first-order valence-electron chi connectivity index (χ1n) is 4.99. The van der Waals surface area contributed by atoms with Crippen molar-refractivity contribution in [2.24, 2.45) is 0 Å². The van der Waals surface area contributed by atoms with E-state index in [0.717, 1.165) is 22.2 Å². The minimum Gasteiger partial charge on any atom is -0.383 e. The quantitative estimate of drug-likeness (QED) is 0.647. The lowest BCUT2D eigenvalue weighted by Crippen LogP contribution is -1.92. The van der Waals surface area contributed by atoms with Crippen molar-refractivity contribution in [2.45, 2.75) is 0 Å². The van der Waals surface area contributed by atoms with Gasteiger partial charge in [-0.1, -0.05) is 30.3 Å². The maximum Gasteiger partial charge on any atom is 0.143 e. The zero-order chi connectivity index (χ0) is 11.0. The molecule has 0 bridgehead atoms. The van der Waals surface area contributed by atoms with Crippen LogP contribution in [0.15, 0.2) is 42.9 Å². The topological polar surface area (TPSA) is 67.6 Å². The highest BCUT2D eigenvalue weighted by Gasteiger charge is 2.09. The number of H-pyrrole nitrogens is 1. The van der Waals surface area contributed by atoms with Crippen LogP contribution in [0, 0.1) is 0 Å². The maximum atomic E-state index is 5.87. The molecule has 4 heteroatoms. The van der Waals surface area contributed by atoms with E-state index in [1.165, 1.54) is 6.33 Å². The number of aromatic nitrogens is 3. The molecule has 1 aromatic carbocycles. The van der Waals surface area contributed by atoms with Gasteiger partial charge >= 0.3 is 0 Å². The minimum atomic E-state index is 0.505. The van der Waals surface area contributed by atoms with Gasteiger partial charge in [0.25, 0.3) is 0 Å². The van der Waals surface area contributed by atoms with Crippen LogP contribution in [-0.4, -0.2) is 15.0 Å². The summed E-state index contributed by atoms with van der Waals surface area (Å²) >= 11 is 0. The molecule has 0 unspecified atom stereocenters. The van der Waals surface area contributed by atoms with Crippen LogP contribution in [0.4, 0.5) is 5.82 Å². The molecule has 4 nitrogen and oxygen atoms in total. The van der Waals surface area contributed by atoms with Crippen molar-refractivity contribution in [3.8, 4) is 11.1 Å². The molecule has 0 aliphatic heterocycles. The molecule has 3 rings (SSSR count). The van der Waals surface area contributed by atoms with E-state index in [-0.39, 0.29) is 0 Å². The van der Waals surface area contributed by atoms with E-state index in [9.17, 15) is 0 Å². The number of nitrogen functional groups attached to an aromatic ring is 1. The van der Waals surface area contributed by atoms with Gasteiger partial charge < -0.3 is 10.7 Å². The van der Waals surface area contributed by atoms with Gasteiger partial charge in [-0.05, 0) is 5.56 Å². The van der Waals surface area contributed by atoms with E-state index in [1.807, 2.05) is 36.5 Å². The number of nitrogens with zero attached hydrogens (tertiary/aromatic N) is 2. The molecule has 0 saturated carbocycles. The Labute approximate surface area is 92.2 Å². The lowest BCUT2D eigenvalue weighted by Gasteiger charge is -2.00. The van der Waals surface area contributed by atoms with Crippen LogP contribution in [0.25, 0.3) is 22.2 Å². The molecule has 3 aromatic rings. The molecule has 16 heavy (non-hydrogen) atoms. The molecular weight excluding hydrogens is 200 g/mol. The molecule has 0 fully saturated rings. The third-order valence-electron chi connectivity index (χ3n) is 2.58. The minimum absolute atomic E-state index is 0.505. The number of nitrogens with two attached hydrogens (primary N) is 1. The van der Waals surface area contributed by atoms with Crippen molar-refractivity contribution in [2.75, 3.05) is 5.73 Å². The molecule has 2 aromatic heterocycles. The van der Waals surface area contributed by atoms with Gasteiger partial charge in [0.15, 0.2) is 0 Å². The number of hydrogen-bond donors (Lipinski definition) is 2. The monoisotopic (exact) mass is 210 g/mol. The van der Waals surface area contributed by atoms with Gasteiger partial charge in [-0.25, -0.2) is 9.97 Å². The van der Waals surface area contributed by atoms with Gasteiger partial charge in [0, 0.05) is 11.8 Å². The smallest absolute Gasteiger partial charge is 0.143 e. The number of nitrogens with one attached hydrogen (secondary N) is 1. The van der Waals surface area contributed by atoms with Crippen LogP contribution in [0.1, 0.15) is 0 Å². The summed E-state index contributed by atoms with van der Waals surface area (Å²) in [5.41, 5.74) is 8.78. The highest BCUT2D eigenvalue weighted by atomic mass is 15.0. The van der Waals surface area contributed by atoms with Crippen molar-refractivity contribution in [1.82, 2.24) is 15.0 Å². The summed E-state index contributed by atoms with van der Waals surface area (Å²) in [6.45, 7) is 0. The van der Waals surface area contributed by atoms with E-state index in [0.29, 0.717) is 5.82 Å². The van der Waals surface area contributed by atoms with E-state index in [4.69, 9.17) is 5.73 Å². The van der Waals surface area contributed by atoms with Crippen molar-refractivity contribution in [3.63, 3.8) is 0 Å². The van der Waals surface area contributed by atoms with Gasteiger partial charge in [0.1, 0.15) is 17.8 Å². The Hall–Kier alpha value is -2.36. The Kier molecular flexibility index (Phi) is 1.86. The molecule has 0 atom stereocenters. The first-order chi connectivity index (χ1) is 7.86. The van der Waals surface area contributed by atoms with E-state index < -0.39 is 0 Å². The maximum absolute atomic E-state index is 5.87. The van der Waals surface area contributed by atoms with Gasteiger partial charge in [0.2, 0.25) is 0 Å². The third kappa shape index (κ3) is 1.24. The molecule has 0 saturated heterocycles. The van der Waals surface area contributed by atoms with Crippen LogP contribution < -0.4 is 5.73 Å². The predicted molar refractivity (Wildman–Crippen MR) is 63.7 cm³/mol. The van der Waals surface area contributed by atoms with Crippen LogP contribution in [0.2, 0.25) is 0 Å². The average molecular weight is 210 g/mol. The molecule has 78 valence electrons. The fraction of sp³-hybridized carbons (Fsp3) is 0. The molecule has 0 aliphatic rings. The van der Waals surface area contributed by atoms with Crippen LogP contribution in [-0.2, 0) is 0 Å². The standard InChI is InChI=1S/C12H10N4/c13-11-10-9(8-4-2-1-3-5-8)6-14-12(10)16-7-15-11/h1-7H,(H3,13,14,15,16). The molecule has 2 heterocycles. The molecule has 0 aliphatic carbocycles. The summed E-state index contributed by atoms with van der Waals surface area (Å²) in [5.74, 6) is 0.505. The van der Waals surface area contributed by atoms with Gasteiger partial charge in [-0.15, -0.1) is 0 Å². The van der Waals surface area contributed by atoms with Gasteiger partial charge in [0.05, 0.1) is 5.39 Å². The number of benzene rings is 1. The summed E-state index contributed by atoms with van der Waals surface area (Å²) in [5, 5.41) is 0.883. The van der Waals surface area contributed by atoms with Gasteiger partial charge in [-0.2, -0.15) is 0 Å². The number of rotatable bonds is 1. The van der Waals surface area contributed by atoms with Gasteiger partial charge in [-0.3, -0.25) is 0 Å². The lowest BCUT2D eigenvalue weighted by molar-refractivity contribution is 1.21. The highest BCUT2D eigenvalue weighted by Crippen LogP contribution is 2.29. The molecular formula is C12H10N4.